The molecule has 14 heteroatoms. The molecule has 3 saturated carbocycles. The second-order valence-electron chi connectivity index (χ2n) is 12.3. The van der Waals surface area contributed by atoms with Crippen molar-refractivity contribution in [1.82, 2.24) is 23.6 Å². The van der Waals surface area contributed by atoms with E-state index < -0.39 is 15.8 Å². The SMILES string of the molecule is CCOC(=O)[C@H]1C2CCC(CC2)[C@@H]1Nc1nc(-c2cn(S(=O)(=O)c3ccc(C)cc3)c3ncc(F)cc23)nn2cc(NC(C)=O)cc12. The Morgan fingerprint density at radius 1 is 1.06 bits per heavy atom. The second kappa shape index (κ2) is 11.7. The number of carbonyl (C=O) groups is 2. The van der Waals surface area contributed by atoms with Crippen molar-refractivity contribution in [3.63, 3.8) is 0 Å². The predicted molar refractivity (Wildman–Crippen MR) is 173 cm³/mol. The topological polar surface area (TPSA) is 150 Å². The number of benzene rings is 1. The number of nitrogens with zero attached hydrogens (tertiary/aromatic N) is 5. The molecule has 47 heavy (non-hydrogen) atoms. The molecule has 12 nitrogen and oxygen atoms in total. The standard InChI is InChI=1S/C33H34FN7O5S/c1-4-46-33(43)28-20-7-9-21(10-8-20)29(28)37-31-27-14-23(36-19(3)42)16-40(27)39-30(38-31)26-17-41(32-25(26)13-22(34)15-35-32)47(44,45)24-11-5-18(2)6-12-24/h5-6,11-17,20-21,28-29H,4,7-10H2,1-3H3,(H,36,42)(H,37,38,39)/t20?,21?,28-,29-/m0/s1. The monoisotopic (exact) mass is 659 g/mol. The number of amides is 1. The Kier molecular flexibility index (Phi) is 7.69. The highest BCUT2D eigenvalue weighted by Crippen LogP contribution is 2.47. The van der Waals surface area contributed by atoms with E-state index in [1.807, 2.05) is 6.92 Å². The lowest BCUT2D eigenvalue weighted by Gasteiger charge is -2.47. The van der Waals surface area contributed by atoms with Gasteiger partial charge in [0, 0.05) is 30.1 Å². The van der Waals surface area contributed by atoms with Gasteiger partial charge in [-0.3, -0.25) is 9.59 Å². The first kappa shape index (κ1) is 30.8. The third-order valence-electron chi connectivity index (χ3n) is 9.26. The molecule has 0 aliphatic heterocycles. The number of nitrogens with one attached hydrogen (secondary N) is 2. The van der Waals surface area contributed by atoms with Gasteiger partial charge in [-0.15, -0.1) is 5.10 Å². The number of hydrogen-bond donors (Lipinski definition) is 2. The molecular weight excluding hydrogens is 625 g/mol. The fourth-order valence-corrected chi connectivity index (χ4v) is 8.45. The Balaban J connectivity index is 1.40. The van der Waals surface area contributed by atoms with Crippen molar-refractivity contribution in [3.8, 4) is 11.4 Å². The third kappa shape index (κ3) is 5.49. The number of carbonyl (C=O) groups excluding carboxylic acids is 2. The molecule has 0 spiro atoms. The van der Waals surface area contributed by atoms with E-state index in [2.05, 4.69) is 20.7 Å². The maximum absolute atomic E-state index is 14.7. The van der Waals surface area contributed by atoms with Gasteiger partial charge in [0.1, 0.15) is 11.3 Å². The number of fused-ring (bicyclic) bond motifs is 5. The minimum absolute atomic E-state index is 0.0126. The fourth-order valence-electron chi connectivity index (χ4n) is 7.12. The minimum Gasteiger partial charge on any atom is -0.466 e. The first-order chi connectivity index (χ1) is 22.5. The van der Waals surface area contributed by atoms with Gasteiger partial charge in [-0.05, 0) is 75.6 Å². The second-order valence-corrected chi connectivity index (χ2v) is 14.1. The van der Waals surface area contributed by atoms with Crippen LogP contribution in [0.15, 0.2) is 59.9 Å². The molecular formula is C33H34FN7O5S. The van der Waals surface area contributed by atoms with Gasteiger partial charge in [0.2, 0.25) is 5.91 Å². The summed E-state index contributed by atoms with van der Waals surface area (Å²) in [5, 5.41) is 11.2. The molecule has 4 aromatic heterocycles. The van der Waals surface area contributed by atoms with Crippen molar-refractivity contribution in [2.24, 2.45) is 17.8 Å². The van der Waals surface area contributed by atoms with Crippen LogP contribution in [0.3, 0.4) is 0 Å². The number of halogens is 1. The average Bonchev–Trinajstić information content (AvgIpc) is 3.63. The van der Waals surface area contributed by atoms with Crippen LogP contribution in [0.5, 0.6) is 0 Å². The summed E-state index contributed by atoms with van der Waals surface area (Å²) < 4.78 is 50.4. The van der Waals surface area contributed by atoms with E-state index in [1.54, 1.807) is 31.3 Å². The van der Waals surface area contributed by atoms with E-state index in [1.165, 1.54) is 35.8 Å². The van der Waals surface area contributed by atoms with E-state index in [9.17, 15) is 22.4 Å². The molecule has 2 N–H and O–H groups in total. The smallest absolute Gasteiger partial charge is 0.311 e. The van der Waals surface area contributed by atoms with Crippen molar-refractivity contribution < 1.29 is 27.1 Å². The highest BCUT2D eigenvalue weighted by atomic mass is 32.2. The van der Waals surface area contributed by atoms with Crippen molar-refractivity contribution in [1.29, 1.82) is 0 Å². The van der Waals surface area contributed by atoms with Crippen molar-refractivity contribution in [2.75, 3.05) is 17.2 Å². The summed E-state index contributed by atoms with van der Waals surface area (Å²) in [7, 11) is -4.14. The first-order valence-electron chi connectivity index (χ1n) is 15.6. The van der Waals surface area contributed by atoms with E-state index in [0.29, 0.717) is 17.0 Å². The van der Waals surface area contributed by atoms with E-state index in [0.717, 1.165) is 41.4 Å². The number of aromatic nitrogens is 5. The van der Waals surface area contributed by atoms with E-state index in [4.69, 9.17) is 9.72 Å². The van der Waals surface area contributed by atoms with Gasteiger partial charge in [0.25, 0.3) is 10.0 Å². The molecule has 3 aliphatic rings. The number of ether oxygens (including phenoxy) is 1. The van der Waals surface area contributed by atoms with Crippen LogP contribution in [0.4, 0.5) is 15.9 Å². The molecule has 2 atom stereocenters. The molecule has 0 saturated heterocycles. The summed E-state index contributed by atoms with van der Waals surface area (Å²) in [5.41, 5.74) is 2.14. The highest BCUT2D eigenvalue weighted by molar-refractivity contribution is 7.90. The van der Waals surface area contributed by atoms with Crippen LogP contribution in [0, 0.1) is 30.5 Å². The highest BCUT2D eigenvalue weighted by Gasteiger charge is 2.48. The minimum atomic E-state index is -4.14. The van der Waals surface area contributed by atoms with Gasteiger partial charge in [0.15, 0.2) is 17.3 Å². The quantitative estimate of drug-likeness (QED) is 0.215. The average molecular weight is 660 g/mol. The van der Waals surface area contributed by atoms with Gasteiger partial charge < -0.3 is 15.4 Å². The number of hydrogen-bond acceptors (Lipinski definition) is 9. The van der Waals surface area contributed by atoms with Crippen LogP contribution >= 0.6 is 0 Å². The number of pyridine rings is 1. The lowest BCUT2D eigenvalue weighted by molar-refractivity contribution is -0.154. The lowest BCUT2D eigenvalue weighted by atomic mass is 9.61. The van der Waals surface area contributed by atoms with Crippen LogP contribution < -0.4 is 10.6 Å². The third-order valence-corrected chi connectivity index (χ3v) is 10.9. The Hall–Kier alpha value is -4.85. The van der Waals surface area contributed by atoms with Crippen LogP contribution in [0.1, 0.15) is 45.1 Å². The molecule has 2 bridgehead atoms. The molecule has 4 heterocycles. The number of aryl methyl sites for hydroxylation is 1. The van der Waals surface area contributed by atoms with Crippen molar-refractivity contribution in [3.05, 3.63) is 66.4 Å². The van der Waals surface area contributed by atoms with Crippen LogP contribution in [0.2, 0.25) is 0 Å². The van der Waals surface area contributed by atoms with Gasteiger partial charge in [-0.2, -0.15) is 0 Å². The molecule has 0 radical (unpaired) electrons. The summed E-state index contributed by atoms with van der Waals surface area (Å²) in [5.74, 6) is -0.698. The van der Waals surface area contributed by atoms with Gasteiger partial charge >= 0.3 is 5.97 Å². The van der Waals surface area contributed by atoms with E-state index in [-0.39, 0.29) is 69.6 Å². The largest absolute Gasteiger partial charge is 0.466 e. The normalized spacial score (nSPS) is 20.9. The molecule has 3 aliphatic carbocycles. The van der Waals surface area contributed by atoms with Crippen LogP contribution in [0.25, 0.3) is 27.9 Å². The van der Waals surface area contributed by atoms with Gasteiger partial charge in [-0.25, -0.2) is 31.3 Å². The summed E-state index contributed by atoms with van der Waals surface area (Å²) in [4.78, 5) is 34.2. The Morgan fingerprint density at radius 2 is 1.79 bits per heavy atom. The maximum Gasteiger partial charge on any atom is 0.311 e. The van der Waals surface area contributed by atoms with Gasteiger partial charge in [-0.1, -0.05) is 17.7 Å². The zero-order valence-corrected chi connectivity index (χ0v) is 26.9. The first-order valence-corrected chi connectivity index (χ1v) is 17.1. The van der Waals surface area contributed by atoms with E-state index >= 15 is 0 Å². The number of esters is 1. The summed E-state index contributed by atoms with van der Waals surface area (Å²) >= 11 is 0. The molecule has 1 amide bonds. The maximum atomic E-state index is 14.7. The molecule has 8 rings (SSSR count). The van der Waals surface area contributed by atoms with Crippen molar-refractivity contribution in [2.45, 2.75) is 57.4 Å². The Bertz CT molecular complexity index is 2140. The number of rotatable bonds is 8. The fraction of sp³-hybridized carbons (Fsp3) is 0.364. The predicted octanol–water partition coefficient (Wildman–Crippen LogP) is 5.17. The zero-order valence-electron chi connectivity index (χ0n) is 26.1. The van der Waals surface area contributed by atoms with Crippen LogP contribution in [-0.4, -0.2) is 56.5 Å². The van der Waals surface area contributed by atoms with Gasteiger partial charge in [0.05, 0.1) is 35.5 Å². The molecule has 5 aromatic rings. The lowest BCUT2D eigenvalue weighted by Crippen LogP contribution is -2.52. The molecule has 1 aromatic carbocycles. The van der Waals surface area contributed by atoms with Crippen molar-refractivity contribution >= 4 is 50.0 Å². The summed E-state index contributed by atoms with van der Waals surface area (Å²) in [6.07, 6.45) is 7.73. The molecule has 3 fully saturated rings. The molecule has 244 valence electrons. The Labute approximate surface area is 270 Å². The molecule has 0 unspecified atom stereocenters. The number of anilines is 2. The van der Waals surface area contributed by atoms with Crippen LogP contribution in [-0.2, 0) is 24.3 Å². The zero-order chi connectivity index (χ0) is 33.0. The Morgan fingerprint density at radius 3 is 2.49 bits per heavy atom. The summed E-state index contributed by atoms with van der Waals surface area (Å²) in [6.45, 7) is 5.32. The summed E-state index contributed by atoms with van der Waals surface area (Å²) in [6, 6.07) is 9.06.